The number of rotatable bonds is 3. The van der Waals surface area contributed by atoms with Crippen LogP contribution in [-0.4, -0.2) is 29.0 Å². The normalized spacial score (nSPS) is 29.2. The zero-order valence-electron chi connectivity index (χ0n) is 11.0. The zero-order valence-corrected chi connectivity index (χ0v) is 11.0. The molecule has 0 spiro atoms. The Morgan fingerprint density at radius 2 is 2.00 bits per heavy atom. The molecule has 17 heavy (non-hydrogen) atoms. The molecule has 0 amide bonds. The third-order valence-corrected chi connectivity index (χ3v) is 3.93. The second kappa shape index (κ2) is 5.15. The predicted molar refractivity (Wildman–Crippen MR) is 70.5 cm³/mol. The Labute approximate surface area is 104 Å². The van der Waals surface area contributed by atoms with Crippen molar-refractivity contribution >= 4 is 0 Å². The van der Waals surface area contributed by atoms with Gasteiger partial charge in [-0.2, -0.15) is 0 Å². The lowest BCUT2D eigenvalue weighted by Crippen LogP contribution is -2.38. The second-order valence-corrected chi connectivity index (χ2v) is 5.50. The van der Waals surface area contributed by atoms with Gasteiger partial charge in [0.15, 0.2) is 0 Å². The second-order valence-electron chi connectivity index (χ2n) is 5.50. The van der Waals surface area contributed by atoms with Crippen LogP contribution in [0.15, 0.2) is 24.5 Å². The van der Waals surface area contributed by atoms with E-state index in [4.69, 9.17) is 5.73 Å². The molecular formula is C14H23N3. The summed E-state index contributed by atoms with van der Waals surface area (Å²) in [6.45, 7) is 9.02. The van der Waals surface area contributed by atoms with Crippen LogP contribution in [0.25, 0.3) is 0 Å². The number of nitrogens with zero attached hydrogens (tertiary/aromatic N) is 2. The lowest BCUT2D eigenvalue weighted by molar-refractivity contribution is 0.209. The SMILES string of the molecule is CC(N)C(c1cccnc1)N1CC(C)C(C)C1. The summed E-state index contributed by atoms with van der Waals surface area (Å²) < 4.78 is 0. The number of hydrogen-bond donors (Lipinski definition) is 1. The molecule has 4 atom stereocenters. The van der Waals surface area contributed by atoms with Gasteiger partial charge >= 0.3 is 0 Å². The minimum Gasteiger partial charge on any atom is -0.326 e. The number of hydrogen-bond acceptors (Lipinski definition) is 3. The summed E-state index contributed by atoms with van der Waals surface area (Å²) in [6, 6.07) is 4.57. The van der Waals surface area contributed by atoms with E-state index in [1.165, 1.54) is 5.56 Å². The Kier molecular flexibility index (Phi) is 3.79. The molecular weight excluding hydrogens is 210 g/mol. The number of aromatic nitrogens is 1. The minimum atomic E-state index is 0.136. The summed E-state index contributed by atoms with van der Waals surface area (Å²) in [7, 11) is 0. The summed E-state index contributed by atoms with van der Waals surface area (Å²) in [4.78, 5) is 6.73. The van der Waals surface area contributed by atoms with Gasteiger partial charge in [0.25, 0.3) is 0 Å². The standard InChI is InChI=1S/C14H23N3/c1-10-8-17(9-11(10)2)14(12(3)15)13-5-4-6-16-7-13/h4-7,10-12,14H,8-9,15H2,1-3H3. The van der Waals surface area contributed by atoms with Crippen LogP contribution in [0.1, 0.15) is 32.4 Å². The number of nitrogens with two attached hydrogens (primary N) is 1. The summed E-state index contributed by atoms with van der Waals surface area (Å²) in [5.74, 6) is 1.51. The summed E-state index contributed by atoms with van der Waals surface area (Å²) >= 11 is 0. The Hall–Kier alpha value is -0.930. The molecule has 1 aliphatic rings. The maximum atomic E-state index is 6.17. The first kappa shape index (κ1) is 12.5. The van der Waals surface area contributed by atoms with E-state index in [1.54, 1.807) is 0 Å². The third kappa shape index (κ3) is 2.67. The van der Waals surface area contributed by atoms with Crippen molar-refractivity contribution in [3.05, 3.63) is 30.1 Å². The molecule has 0 aromatic carbocycles. The molecule has 0 radical (unpaired) electrons. The van der Waals surface area contributed by atoms with E-state index < -0.39 is 0 Å². The van der Waals surface area contributed by atoms with Gasteiger partial charge in [-0.25, -0.2) is 0 Å². The highest BCUT2D eigenvalue weighted by Gasteiger charge is 2.33. The van der Waals surface area contributed by atoms with E-state index in [2.05, 4.69) is 36.7 Å². The van der Waals surface area contributed by atoms with Gasteiger partial charge in [0.05, 0.1) is 6.04 Å². The van der Waals surface area contributed by atoms with E-state index >= 15 is 0 Å². The average Bonchev–Trinajstić information content (AvgIpc) is 2.60. The monoisotopic (exact) mass is 233 g/mol. The molecule has 1 aliphatic heterocycles. The van der Waals surface area contributed by atoms with E-state index in [0.29, 0.717) is 6.04 Å². The first-order valence-corrected chi connectivity index (χ1v) is 6.49. The van der Waals surface area contributed by atoms with E-state index in [1.807, 2.05) is 18.5 Å². The summed E-state index contributed by atoms with van der Waals surface area (Å²) in [5.41, 5.74) is 7.41. The van der Waals surface area contributed by atoms with E-state index in [0.717, 1.165) is 24.9 Å². The minimum absolute atomic E-state index is 0.136. The highest BCUT2D eigenvalue weighted by atomic mass is 15.2. The van der Waals surface area contributed by atoms with Crippen molar-refractivity contribution < 1.29 is 0 Å². The molecule has 1 aromatic heterocycles. The van der Waals surface area contributed by atoms with Gasteiger partial charge in [0.2, 0.25) is 0 Å². The maximum Gasteiger partial charge on any atom is 0.0511 e. The molecule has 4 unspecified atom stereocenters. The molecule has 2 N–H and O–H groups in total. The molecule has 3 nitrogen and oxygen atoms in total. The van der Waals surface area contributed by atoms with Crippen molar-refractivity contribution in [2.24, 2.45) is 17.6 Å². The molecule has 2 heterocycles. The molecule has 1 aromatic rings. The van der Waals surface area contributed by atoms with Crippen molar-refractivity contribution in [2.75, 3.05) is 13.1 Å². The van der Waals surface area contributed by atoms with E-state index in [9.17, 15) is 0 Å². The summed E-state index contributed by atoms with van der Waals surface area (Å²) in [6.07, 6.45) is 3.76. The molecule has 94 valence electrons. The average molecular weight is 233 g/mol. The van der Waals surface area contributed by atoms with Crippen LogP contribution in [0.5, 0.6) is 0 Å². The largest absolute Gasteiger partial charge is 0.326 e. The van der Waals surface area contributed by atoms with Crippen LogP contribution in [0.2, 0.25) is 0 Å². The topological polar surface area (TPSA) is 42.1 Å². The van der Waals surface area contributed by atoms with Gasteiger partial charge in [0, 0.05) is 31.5 Å². The van der Waals surface area contributed by atoms with Crippen LogP contribution in [0, 0.1) is 11.8 Å². The first-order chi connectivity index (χ1) is 8.09. The fourth-order valence-corrected chi connectivity index (χ4v) is 2.80. The van der Waals surface area contributed by atoms with Gasteiger partial charge in [0.1, 0.15) is 0 Å². The lowest BCUT2D eigenvalue weighted by Gasteiger charge is -2.31. The quantitative estimate of drug-likeness (QED) is 0.869. The fourth-order valence-electron chi connectivity index (χ4n) is 2.80. The molecule has 2 rings (SSSR count). The molecule has 0 saturated carbocycles. The first-order valence-electron chi connectivity index (χ1n) is 6.49. The van der Waals surface area contributed by atoms with Crippen LogP contribution < -0.4 is 5.73 Å². The Morgan fingerprint density at radius 3 is 2.47 bits per heavy atom. The van der Waals surface area contributed by atoms with Crippen LogP contribution in [-0.2, 0) is 0 Å². The van der Waals surface area contributed by atoms with Crippen molar-refractivity contribution in [2.45, 2.75) is 32.9 Å². The molecule has 0 bridgehead atoms. The smallest absolute Gasteiger partial charge is 0.0511 e. The van der Waals surface area contributed by atoms with Gasteiger partial charge in [-0.3, -0.25) is 9.88 Å². The maximum absolute atomic E-state index is 6.17. The Morgan fingerprint density at radius 1 is 1.35 bits per heavy atom. The summed E-state index contributed by atoms with van der Waals surface area (Å²) in [5, 5.41) is 0. The Bertz CT molecular complexity index is 340. The van der Waals surface area contributed by atoms with Crippen molar-refractivity contribution in [3.8, 4) is 0 Å². The highest BCUT2D eigenvalue weighted by Crippen LogP contribution is 2.31. The van der Waals surface area contributed by atoms with Crippen molar-refractivity contribution in [1.29, 1.82) is 0 Å². The van der Waals surface area contributed by atoms with Crippen molar-refractivity contribution in [3.63, 3.8) is 0 Å². The Balaban J connectivity index is 2.19. The zero-order chi connectivity index (χ0) is 12.4. The van der Waals surface area contributed by atoms with Gasteiger partial charge < -0.3 is 5.73 Å². The predicted octanol–water partition coefficient (Wildman–Crippen LogP) is 2.06. The van der Waals surface area contributed by atoms with Crippen molar-refractivity contribution in [1.82, 2.24) is 9.88 Å². The van der Waals surface area contributed by atoms with E-state index in [-0.39, 0.29) is 6.04 Å². The van der Waals surface area contributed by atoms with Crippen LogP contribution in [0.4, 0.5) is 0 Å². The van der Waals surface area contributed by atoms with Crippen LogP contribution in [0.3, 0.4) is 0 Å². The molecule has 1 saturated heterocycles. The fraction of sp³-hybridized carbons (Fsp3) is 0.643. The number of likely N-dealkylation sites (tertiary alicyclic amines) is 1. The molecule has 0 aliphatic carbocycles. The lowest BCUT2D eigenvalue weighted by atomic mass is 10.0. The van der Waals surface area contributed by atoms with Crippen LogP contribution >= 0.6 is 0 Å². The molecule has 1 fully saturated rings. The van der Waals surface area contributed by atoms with Gasteiger partial charge in [-0.1, -0.05) is 19.9 Å². The highest BCUT2D eigenvalue weighted by molar-refractivity contribution is 5.16. The molecule has 3 heteroatoms. The van der Waals surface area contributed by atoms with Gasteiger partial charge in [-0.05, 0) is 30.4 Å². The third-order valence-electron chi connectivity index (χ3n) is 3.93. The van der Waals surface area contributed by atoms with Gasteiger partial charge in [-0.15, -0.1) is 0 Å². The number of pyridine rings is 1.